The molecule has 1 aromatic carbocycles. The van der Waals surface area contributed by atoms with Crippen LogP contribution in [0, 0.1) is 5.92 Å². The minimum atomic E-state index is -0.224. The molecule has 0 amide bonds. The van der Waals surface area contributed by atoms with Crippen LogP contribution in [0.5, 0.6) is 0 Å². The lowest BCUT2D eigenvalue weighted by molar-refractivity contribution is 0.0802. The zero-order valence-electron chi connectivity index (χ0n) is 13.4. The molecular formula is C18H24N4O. The van der Waals surface area contributed by atoms with Gasteiger partial charge in [0, 0.05) is 12.1 Å². The van der Waals surface area contributed by atoms with E-state index in [1.807, 2.05) is 30.3 Å². The van der Waals surface area contributed by atoms with E-state index in [-0.39, 0.29) is 6.10 Å². The van der Waals surface area contributed by atoms with Gasteiger partial charge in [0.05, 0.1) is 6.10 Å². The molecule has 2 N–H and O–H groups in total. The maximum absolute atomic E-state index is 10.3. The molecule has 1 aromatic heterocycles. The number of hydrogen-bond acceptors (Lipinski definition) is 5. The molecule has 23 heavy (non-hydrogen) atoms. The molecule has 5 heteroatoms. The Kier molecular flexibility index (Phi) is 5.53. The quantitative estimate of drug-likeness (QED) is 0.856. The third-order valence-corrected chi connectivity index (χ3v) is 4.52. The second-order valence-electron chi connectivity index (χ2n) is 6.18. The molecule has 0 saturated heterocycles. The van der Waals surface area contributed by atoms with Crippen molar-refractivity contribution in [1.29, 1.82) is 0 Å². The average molecular weight is 312 g/mol. The van der Waals surface area contributed by atoms with Gasteiger partial charge in [-0.15, -0.1) is 0 Å². The van der Waals surface area contributed by atoms with Gasteiger partial charge in [-0.1, -0.05) is 49.6 Å². The van der Waals surface area contributed by atoms with Crippen LogP contribution in [0.4, 0.5) is 5.95 Å². The third kappa shape index (κ3) is 4.48. The molecule has 1 unspecified atom stereocenters. The maximum Gasteiger partial charge on any atom is 0.226 e. The molecular weight excluding hydrogens is 288 g/mol. The van der Waals surface area contributed by atoms with E-state index in [0.29, 0.717) is 24.2 Å². The van der Waals surface area contributed by atoms with Crippen LogP contribution >= 0.6 is 0 Å². The molecule has 1 aliphatic carbocycles. The molecule has 2 aromatic rings. The van der Waals surface area contributed by atoms with Crippen LogP contribution in [0.15, 0.2) is 36.7 Å². The highest BCUT2D eigenvalue weighted by Crippen LogP contribution is 2.27. The molecule has 1 aliphatic rings. The van der Waals surface area contributed by atoms with E-state index >= 15 is 0 Å². The van der Waals surface area contributed by atoms with Gasteiger partial charge in [0.15, 0.2) is 5.82 Å². The Balaban J connectivity index is 1.52. The number of aliphatic hydroxyl groups is 1. The molecule has 1 atom stereocenters. The van der Waals surface area contributed by atoms with E-state index in [2.05, 4.69) is 20.3 Å². The topological polar surface area (TPSA) is 70.9 Å². The number of aromatic nitrogens is 3. The Morgan fingerprint density at radius 2 is 1.87 bits per heavy atom. The first-order valence-corrected chi connectivity index (χ1v) is 8.49. The summed E-state index contributed by atoms with van der Waals surface area (Å²) in [5.74, 6) is 1.69. The third-order valence-electron chi connectivity index (χ3n) is 4.52. The molecule has 5 nitrogen and oxygen atoms in total. The first-order chi connectivity index (χ1) is 11.3. The largest absolute Gasteiger partial charge is 0.393 e. The molecule has 122 valence electrons. The van der Waals surface area contributed by atoms with Gasteiger partial charge in [0.25, 0.3) is 0 Å². The molecule has 0 radical (unpaired) electrons. The first-order valence-electron chi connectivity index (χ1n) is 8.49. The highest BCUT2D eigenvalue weighted by Gasteiger charge is 2.21. The van der Waals surface area contributed by atoms with Crippen LogP contribution in [-0.2, 0) is 0 Å². The summed E-state index contributed by atoms with van der Waals surface area (Å²) in [4.78, 5) is 12.8. The van der Waals surface area contributed by atoms with Crippen molar-refractivity contribution in [2.45, 2.75) is 44.6 Å². The minimum Gasteiger partial charge on any atom is -0.393 e. The van der Waals surface area contributed by atoms with E-state index in [1.54, 1.807) is 0 Å². The number of nitrogens with zero attached hydrogens (tertiary/aromatic N) is 3. The highest BCUT2D eigenvalue weighted by molar-refractivity contribution is 5.55. The van der Waals surface area contributed by atoms with Crippen LogP contribution in [-0.4, -0.2) is 32.7 Å². The monoisotopic (exact) mass is 312 g/mol. The standard InChI is InChI=1S/C18H24N4O/c23-16(14-7-3-1-4-8-14)11-12-19-18-21-13-20-17(22-18)15-9-5-2-6-10-15/h2,5-6,9-10,13-14,16,23H,1,3-4,7-8,11-12H2,(H,19,20,21,22). The van der Waals surface area contributed by atoms with Crippen molar-refractivity contribution in [2.24, 2.45) is 5.92 Å². The predicted octanol–water partition coefficient (Wildman–Crippen LogP) is 3.28. The number of hydrogen-bond donors (Lipinski definition) is 2. The molecule has 0 bridgehead atoms. The fourth-order valence-corrected chi connectivity index (χ4v) is 3.19. The zero-order chi connectivity index (χ0) is 15.9. The van der Waals surface area contributed by atoms with Gasteiger partial charge in [-0.2, -0.15) is 4.98 Å². The van der Waals surface area contributed by atoms with Crippen molar-refractivity contribution in [3.05, 3.63) is 36.7 Å². The van der Waals surface area contributed by atoms with Crippen LogP contribution in [0.1, 0.15) is 38.5 Å². The molecule has 1 saturated carbocycles. The normalized spacial score (nSPS) is 16.9. The maximum atomic E-state index is 10.3. The lowest BCUT2D eigenvalue weighted by Gasteiger charge is -2.26. The second kappa shape index (κ2) is 8.02. The molecule has 0 aliphatic heterocycles. The molecule has 1 fully saturated rings. The lowest BCUT2D eigenvalue weighted by atomic mass is 9.84. The van der Waals surface area contributed by atoms with Gasteiger partial charge in [0.2, 0.25) is 5.95 Å². The summed E-state index contributed by atoms with van der Waals surface area (Å²) in [6.07, 6.45) is 8.17. The Hall–Kier alpha value is -2.01. The number of benzene rings is 1. The summed E-state index contributed by atoms with van der Waals surface area (Å²) in [6, 6.07) is 9.86. The Morgan fingerprint density at radius 3 is 2.65 bits per heavy atom. The predicted molar refractivity (Wildman–Crippen MR) is 91.0 cm³/mol. The Morgan fingerprint density at radius 1 is 1.09 bits per heavy atom. The molecule has 0 spiro atoms. The van der Waals surface area contributed by atoms with Crippen LogP contribution < -0.4 is 5.32 Å². The smallest absolute Gasteiger partial charge is 0.226 e. The summed E-state index contributed by atoms with van der Waals surface area (Å²) >= 11 is 0. The van der Waals surface area contributed by atoms with Crippen molar-refractivity contribution in [3.8, 4) is 11.4 Å². The van der Waals surface area contributed by atoms with Gasteiger partial charge in [0.1, 0.15) is 6.33 Å². The van der Waals surface area contributed by atoms with E-state index < -0.39 is 0 Å². The van der Waals surface area contributed by atoms with Crippen molar-refractivity contribution in [3.63, 3.8) is 0 Å². The van der Waals surface area contributed by atoms with E-state index in [0.717, 1.165) is 24.8 Å². The fraction of sp³-hybridized carbons (Fsp3) is 0.500. The summed E-state index contributed by atoms with van der Waals surface area (Å²) in [5.41, 5.74) is 0.972. The fourth-order valence-electron chi connectivity index (χ4n) is 3.19. The summed E-state index contributed by atoms with van der Waals surface area (Å²) < 4.78 is 0. The summed E-state index contributed by atoms with van der Waals surface area (Å²) in [6.45, 7) is 0.676. The molecule has 3 rings (SSSR count). The minimum absolute atomic E-state index is 0.224. The SMILES string of the molecule is OC(CCNc1ncnc(-c2ccccc2)n1)C1CCCCC1. The van der Waals surface area contributed by atoms with Crippen molar-refractivity contribution in [1.82, 2.24) is 15.0 Å². The average Bonchev–Trinajstić information content (AvgIpc) is 2.63. The Bertz CT molecular complexity index is 599. The van der Waals surface area contributed by atoms with Crippen molar-refractivity contribution >= 4 is 5.95 Å². The van der Waals surface area contributed by atoms with Gasteiger partial charge >= 0.3 is 0 Å². The van der Waals surface area contributed by atoms with Gasteiger partial charge in [-0.25, -0.2) is 9.97 Å². The van der Waals surface area contributed by atoms with Crippen molar-refractivity contribution < 1.29 is 5.11 Å². The second-order valence-corrected chi connectivity index (χ2v) is 6.18. The van der Waals surface area contributed by atoms with Crippen LogP contribution in [0.3, 0.4) is 0 Å². The van der Waals surface area contributed by atoms with Gasteiger partial charge < -0.3 is 10.4 Å². The first kappa shape index (κ1) is 15.9. The summed E-state index contributed by atoms with van der Waals surface area (Å²) in [7, 11) is 0. The van der Waals surface area contributed by atoms with Gasteiger partial charge in [-0.05, 0) is 25.2 Å². The Labute approximate surface area is 137 Å². The van der Waals surface area contributed by atoms with E-state index in [1.165, 1.54) is 25.6 Å². The van der Waals surface area contributed by atoms with Crippen LogP contribution in [0.25, 0.3) is 11.4 Å². The zero-order valence-corrected chi connectivity index (χ0v) is 13.4. The lowest BCUT2D eigenvalue weighted by Crippen LogP contribution is -2.25. The van der Waals surface area contributed by atoms with Gasteiger partial charge in [-0.3, -0.25) is 0 Å². The van der Waals surface area contributed by atoms with Crippen LogP contribution in [0.2, 0.25) is 0 Å². The number of nitrogens with one attached hydrogen (secondary N) is 1. The summed E-state index contributed by atoms with van der Waals surface area (Å²) in [5, 5.41) is 13.5. The number of aliphatic hydroxyl groups excluding tert-OH is 1. The van der Waals surface area contributed by atoms with E-state index in [9.17, 15) is 5.11 Å². The highest BCUT2D eigenvalue weighted by atomic mass is 16.3. The molecule has 1 heterocycles. The number of anilines is 1. The van der Waals surface area contributed by atoms with Crippen molar-refractivity contribution in [2.75, 3.05) is 11.9 Å². The van der Waals surface area contributed by atoms with E-state index in [4.69, 9.17) is 0 Å². The number of rotatable bonds is 6.